The molecule has 9 nitrogen and oxygen atoms in total. The number of aliphatic hydroxyl groups excluding tert-OH is 1. The Morgan fingerprint density at radius 3 is 2.69 bits per heavy atom. The first-order valence-electron chi connectivity index (χ1n) is 9.90. The number of hydrogen-bond acceptors (Lipinski definition) is 9. The van der Waals surface area contributed by atoms with Crippen LogP contribution in [-0.4, -0.2) is 82.2 Å². The highest BCUT2D eigenvalue weighted by Crippen LogP contribution is 2.37. The second-order valence-electron chi connectivity index (χ2n) is 8.43. The smallest absolute Gasteiger partial charge is 0.350 e. The molecule has 29 heavy (non-hydrogen) atoms. The van der Waals surface area contributed by atoms with E-state index in [0.29, 0.717) is 19.5 Å². The third-order valence-electron chi connectivity index (χ3n) is 6.41. The van der Waals surface area contributed by atoms with Crippen LogP contribution in [0.5, 0.6) is 0 Å². The Labute approximate surface area is 169 Å². The second-order valence-corrected chi connectivity index (χ2v) is 8.43. The molecule has 3 aliphatic heterocycles. The fourth-order valence-corrected chi connectivity index (χ4v) is 4.39. The maximum atomic E-state index is 12.9. The molecule has 2 saturated heterocycles. The monoisotopic (exact) mass is 411 g/mol. The first kappa shape index (κ1) is 21.7. The van der Waals surface area contributed by atoms with Crippen molar-refractivity contribution in [3.8, 4) is 0 Å². The Kier molecular flexibility index (Phi) is 5.77. The van der Waals surface area contributed by atoms with Crippen LogP contribution in [0.3, 0.4) is 0 Å². The van der Waals surface area contributed by atoms with Gasteiger partial charge in [0.15, 0.2) is 5.60 Å². The minimum Gasteiger partial charge on any atom is -0.458 e. The molecule has 9 heteroatoms. The predicted molar refractivity (Wildman–Crippen MR) is 99.5 cm³/mol. The molecule has 2 fully saturated rings. The maximum Gasteiger partial charge on any atom is 0.350 e. The summed E-state index contributed by atoms with van der Waals surface area (Å²) in [5.74, 6) is -3.26. The lowest BCUT2D eigenvalue weighted by Gasteiger charge is -2.39. The highest BCUT2D eigenvalue weighted by molar-refractivity contribution is 5.84. The third-order valence-corrected chi connectivity index (χ3v) is 6.41. The predicted octanol–water partition coefficient (Wildman–Crippen LogP) is -0.0708. The van der Waals surface area contributed by atoms with Crippen molar-refractivity contribution < 1.29 is 38.8 Å². The van der Waals surface area contributed by atoms with Gasteiger partial charge in [0.2, 0.25) is 5.60 Å². The molecule has 2 N–H and O–H groups in total. The van der Waals surface area contributed by atoms with E-state index < -0.39 is 47.2 Å². The molecular formula is C20H29NO8. The van der Waals surface area contributed by atoms with Crippen molar-refractivity contribution in [1.29, 1.82) is 0 Å². The summed E-state index contributed by atoms with van der Waals surface area (Å²) in [5.41, 5.74) is -3.22. The number of carbonyl (C=O) groups excluding carboxylic acids is 3. The Hall–Kier alpha value is -1.97. The van der Waals surface area contributed by atoms with Crippen molar-refractivity contribution in [3.63, 3.8) is 0 Å². The molecule has 0 saturated carbocycles. The van der Waals surface area contributed by atoms with E-state index in [1.54, 1.807) is 6.92 Å². The van der Waals surface area contributed by atoms with Gasteiger partial charge in [0.05, 0.1) is 12.1 Å². The lowest BCUT2D eigenvalue weighted by Crippen LogP contribution is -2.56. The lowest BCUT2D eigenvalue weighted by molar-refractivity contribution is -0.199. The Bertz CT molecular complexity index is 734. The average Bonchev–Trinajstić information content (AvgIpc) is 3.20. The number of carbonyl (C=O) groups is 3. The fourth-order valence-electron chi connectivity index (χ4n) is 4.39. The normalized spacial score (nSPS) is 39.4. The minimum absolute atomic E-state index is 0.00169. The summed E-state index contributed by atoms with van der Waals surface area (Å²) in [6, 6.07) is -0.248. The number of ether oxygens (including phenoxy) is 3. The summed E-state index contributed by atoms with van der Waals surface area (Å²) in [6.45, 7) is 6.72. The first-order chi connectivity index (χ1) is 13.5. The molecular weight excluding hydrogens is 382 g/mol. The standard InChI is InChI=1S/C20H29NO8/c1-11-9-20(26,12(2)22)18(25)28-15-6-8-21-7-5-14(16(15)21)10-27-17(24)19(11,4)29-13(3)23/h5,11-12,15-16,22,26H,6-10H2,1-4H3/t11-,12+,15-,16+,19-,20+/m1/s1. The van der Waals surface area contributed by atoms with Crippen LogP contribution in [0.25, 0.3) is 0 Å². The SMILES string of the molecule is CC(=O)O[C@@]1(C)C(=O)OCC2=CCN3CC[C@@H](OC(=O)[C@@](O)([C@H](C)O)C[C@H]1C)[C@H]23. The zero-order valence-electron chi connectivity index (χ0n) is 17.2. The minimum atomic E-state index is -2.27. The van der Waals surface area contributed by atoms with E-state index in [0.717, 1.165) is 12.5 Å². The number of cyclic esters (lactones) is 1. The van der Waals surface area contributed by atoms with Crippen molar-refractivity contribution >= 4 is 17.9 Å². The first-order valence-corrected chi connectivity index (χ1v) is 9.90. The van der Waals surface area contributed by atoms with Crippen LogP contribution in [0, 0.1) is 5.92 Å². The second kappa shape index (κ2) is 7.70. The maximum absolute atomic E-state index is 12.9. The van der Waals surface area contributed by atoms with Crippen LogP contribution in [0.15, 0.2) is 11.6 Å². The molecule has 3 rings (SSSR count). The summed E-state index contributed by atoms with van der Waals surface area (Å²) in [7, 11) is 0. The number of esters is 3. The van der Waals surface area contributed by atoms with Gasteiger partial charge in [-0.15, -0.1) is 0 Å². The zero-order chi connectivity index (χ0) is 21.6. The van der Waals surface area contributed by atoms with Gasteiger partial charge in [-0.2, -0.15) is 0 Å². The molecule has 3 heterocycles. The highest BCUT2D eigenvalue weighted by Gasteiger charge is 2.54. The van der Waals surface area contributed by atoms with Gasteiger partial charge in [-0.05, 0) is 32.3 Å². The Morgan fingerprint density at radius 1 is 1.38 bits per heavy atom. The molecule has 0 unspecified atom stereocenters. The number of nitrogens with zero attached hydrogens (tertiary/aromatic N) is 1. The summed E-state index contributed by atoms with van der Waals surface area (Å²) in [6.07, 6.45) is 0.186. The van der Waals surface area contributed by atoms with Gasteiger partial charge in [0.25, 0.3) is 0 Å². The molecule has 0 aliphatic carbocycles. The van der Waals surface area contributed by atoms with Crippen molar-refractivity contribution in [1.82, 2.24) is 4.90 Å². The van der Waals surface area contributed by atoms with Gasteiger partial charge >= 0.3 is 17.9 Å². The molecule has 6 atom stereocenters. The van der Waals surface area contributed by atoms with E-state index in [4.69, 9.17) is 14.2 Å². The van der Waals surface area contributed by atoms with Gasteiger partial charge in [-0.25, -0.2) is 9.59 Å². The fraction of sp³-hybridized carbons (Fsp3) is 0.750. The van der Waals surface area contributed by atoms with Gasteiger partial charge in [-0.1, -0.05) is 13.0 Å². The highest BCUT2D eigenvalue weighted by atomic mass is 16.6. The van der Waals surface area contributed by atoms with Gasteiger partial charge in [0, 0.05) is 25.9 Å². The molecule has 0 amide bonds. The van der Waals surface area contributed by atoms with Crippen LogP contribution >= 0.6 is 0 Å². The molecule has 0 aromatic carbocycles. The van der Waals surface area contributed by atoms with Crippen molar-refractivity contribution in [2.24, 2.45) is 5.92 Å². The van der Waals surface area contributed by atoms with Crippen molar-refractivity contribution in [2.45, 2.75) is 70.0 Å². The molecule has 0 bridgehead atoms. The van der Waals surface area contributed by atoms with Gasteiger partial charge < -0.3 is 24.4 Å². The molecule has 3 aliphatic rings. The summed E-state index contributed by atoms with van der Waals surface area (Å²) in [5, 5.41) is 21.3. The molecule has 0 spiro atoms. The van der Waals surface area contributed by atoms with E-state index in [9.17, 15) is 24.6 Å². The molecule has 0 aromatic rings. The van der Waals surface area contributed by atoms with Crippen LogP contribution < -0.4 is 0 Å². The molecule has 0 aromatic heterocycles. The van der Waals surface area contributed by atoms with Crippen molar-refractivity contribution in [3.05, 3.63) is 11.6 Å². The summed E-state index contributed by atoms with van der Waals surface area (Å²) >= 11 is 0. The largest absolute Gasteiger partial charge is 0.458 e. The lowest BCUT2D eigenvalue weighted by atomic mass is 9.78. The third kappa shape index (κ3) is 3.78. The van der Waals surface area contributed by atoms with E-state index >= 15 is 0 Å². The Morgan fingerprint density at radius 2 is 2.07 bits per heavy atom. The van der Waals surface area contributed by atoms with Crippen LogP contribution in [0.4, 0.5) is 0 Å². The average molecular weight is 411 g/mol. The van der Waals surface area contributed by atoms with Gasteiger partial charge in [-0.3, -0.25) is 9.69 Å². The van der Waals surface area contributed by atoms with E-state index in [-0.39, 0.29) is 19.1 Å². The Balaban J connectivity index is 2.01. The number of rotatable bonds is 2. The quantitative estimate of drug-likeness (QED) is 0.365. The van der Waals surface area contributed by atoms with Crippen LogP contribution in [0.2, 0.25) is 0 Å². The summed E-state index contributed by atoms with van der Waals surface area (Å²) < 4.78 is 16.4. The van der Waals surface area contributed by atoms with E-state index in [2.05, 4.69) is 4.90 Å². The van der Waals surface area contributed by atoms with E-state index in [1.165, 1.54) is 13.8 Å². The van der Waals surface area contributed by atoms with E-state index in [1.807, 2.05) is 6.08 Å². The zero-order valence-corrected chi connectivity index (χ0v) is 17.2. The molecule has 0 radical (unpaired) electrons. The summed E-state index contributed by atoms with van der Waals surface area (Å²) in [4.78, 5) is 39.6. The topological polar surface area (TPSA) is 123 Å². The van der Waals surface area contributed by atoms with Crippen LogP contribution in [0.1, 0.15) is 40.5 Å². The van der Waals surface area contributed by atoms with Crippen LogP contribution in [-0.2, 0) is 28.6 Å². The van der Waals surface area contributed by atoms with Gasteiger partial charge in [0.1, 0.15) is 12.7 Å². The van der Waals surface area contributed by atoms with Crippen molar-refractivity contribution in [2.75, 3.05) is 19.7 Å². The molecule has 162 valence electrons. The number of hydrogen-bond donors (Lipinski definition) is 2. The number of aliphatic hydroxyl groups is 2.